The summed E-state index contributed by atoms with van der Waals surface area (Å²) in [4.78, 5) is 0. The van der Waals surface area contributed by atoms with Crippen LogP contribution < -0.4 is 11.1 Å². The molecule has 2 aromatic carbocycles. The van der Waals surface area contributed by atoms with Gasteiger partial charge >= 0.3 is 0 Å². The first-order valence-corrected chi connectivity index (χ1v) is 5.56. The summed E-state index contributed by atoms with van der Waals surface area (Å²) >= 11 is 0. The highest BCUT2D eigenvalue weighted by atomic mass is 19.1. The predicted octanol–water partition coefficient (Wildman–Crippen LogP) is 2.90. The second-order valence-electron chi connectivity index (χ2n) is 3.86. The first kappa shape index (κ1) is 11.6. The summed E-state index contributed by atoms with van der Waals surface area (Å²) in [6.45, 7) is 0.968. The monoisotopic (exact) mass is 230 g/mol. The van der Waals surface area contributed by atoms with Gasteiger partial charge in [-0.2, -0.15) is 0 Å². The van der Waals surface area contributed by atoms with Crippen molar-refractivity contribution < 1.29 is 4.39 Å². The van der Waals surface area contributed by atoms with Gasteiger partial charge in [0, 0.05) is 13.1 Å². The van der Waals surface area contributed by atoms with Crippen LogP contribution in [-0.2, 0) is 13.1 Å². The minimum Gasteiger partial charge on any atom is -0.379 e. The molecule has 0 unspecified atom stereocenters. The van der Waals surface area contributed by atoms with Crippen molar-refractivity contribution in [1.29, 1.82) is 0 Å². The Morgan fingerprint density at radius 3 is 2.41 bits per heavy atom. The fourth-order valence-electron chi connectivity index (χ4n) is 1.62. The van der Waals surface area contributed by atoms with Crippen LogP contribution in [0, 0.1) is 5.82 Å². The van der Waals surface area contributed by atoms with Gasteiger partial charge < -0.3 is 11.1 Å². The minimum atomic E-state index is -0.260. The molecule has 0 aliphatic heterocycles. The van der Waals surface area contributed by atoms with Gasteiger partial charge in [-0.15, -0.1) is 0 Å². The van der Waals surface area contributed by atoms with E-state index in [0.717, 1.165) is 11.1 Å². The van der Waals surface area contributed by atoms with Crippen molar-refractivity contribution >= 4 is 5.69 Å². The van der Waals surface area contributed by atoms with Gasteiger partial charge in [-0.3, -0.25) is 0 Å². The molecule has 17 heavy (non-hydrogen) atoms. The molecule has 0 saturated carbocycles. The molecule has 0 saturated heterocycles. The highest BCUT2D eigenvalue weighted by Gasteiger charge is 2.02. The molecule has 3 N–H and O–H groups in total. The smallest absolute Gasteiger partial charge is 0.146 e. The van der Waals surface area contributed by atoms with E-state index in [-0.39, 0.29) is 5.82 Å². The zero-order valence-corrected chi connectivity index (χ0v) is 9.49. The molecular formula is C14H15FN2. The lowest BCUT2D eigenvalue weighted by atomic mass is 10.2. The van der Waals surface area contributed by atoms with Crippen LogP contribution in [0.1, 0.15) is 11.1 Å². The summed E-state index contributed by atoms with van der Waals surface area (Å²) in [5.74, 6) is -0.260. The fraction of sp³-hybridized carbons (Fsp3) is 0.143. The average molecular weight is 230 g/mol. The molecule has 0 spiro atoms. The number of rotatable bonds is 4. The number of benzene rings is 2. The Kier molecular flexibility index (Phi) is 3.73. The molecule has 0 amide bonds. The van der Waals surface area contributed by atoms with Gasteiger partial charge in [0.05, 0.1) is 5.69 Å². The average Bonchev–Trinajstić information content (AvgIpc) is 2.38. The van der Waals surface area contributed by atoms with Crippen molar-refractivity contribution in [2.24, 2.45) is 5.73 Å². The largest absolute Gasteiger partial charge is 0.379 e. The summed E-state index contributed by atoms with van der Waals surface area (Å²) in [6.07, 6.45) is 0. The molecule has 0 bridgehead atoms. The summed E-state index contributed by atoms with van der Waals surface area (Å²) in [6, 6.07) is 14.9. The maximum absolute atomic E-state index is 13.6. The second-order valence-corrected chi connectivity index (χ2v) is 3.86. The molecule has 3 heteroatoms. The van der Waals surface area contributed by atoms with Gasteiger partial charge in [-0.25, -0.2) is 4.39 Å². The van der Waals surface area contributed by atoms with Gasteiger partial charge in [0.2, 0.25) is 0 Å². The molecule has 2 aromatic rings. The van der Waals surface area contributed by atoms with E-state index < -0.39 is 0 Å². The Labute approximate surface area is 100 Å². The van der Waals surface area contributed by atoms with E-state index in [1.807, 2.05) is 36.4 Å². The summed E-state index contributed by atoms with van der Waals surface area (Å²) in [7, 11) is 0. The second kappa shape index (κ2) is 5.46. The van der Waals surface area contributed by atoms with Crippen LogP contribution in [0.3, 0.4) is 0 Å². The van der Waals surface area contributed by atoms with Crippen molar-refractivity contribution in [3.05, 3.63) is 65.5 Å². The van der Waals surface area contributed by atoms with Gasteiger partial charge in [-0.05, 0) is 23.3 Å². The van der Waals surface area contributed by atoms with Crippen LogP contribution in [0.25, 0.3) is 0 Å². The number of nitrogens with two attached hydrogens (primary N) is 1. The van der Waals surface area contributed by atoms with Gasteiger partial charge in [0.15, 0.2) is 0 Å². The number of halogens is 1. The fourth-order valence-corrected chi connectivity index (χ4v) is 1.62. The van der Waals surface area contributed by atoms with E-state index >= 15 is 0 Å². The normalized spacial score (nSPS) is 10.2. The minimum absolute atomic E-state index is 0.260. The molecular weight excluding hydrogens is 215 g/mol. The standard InChI is InChI=1S/C14H15FN2/c15-13-8-12(9-16)6-7-14(13)17-10-11-4-2-1-3-5-11/h1-8,17H,9-10,16H2. The first-order chi connectivity index (χ1) is 8.29. The van der Waals surface area contributed by atoms with Crippen molar-refractivity contribution in [3.8, 4) is 0 Å². The van der Waals surface area contributed by atoms with E-state index in [9.17, 15) is 4.39 Å². The topological polar surface area (TPSA) is 38.0 Å². The Balaban J connectivity index is 2.04. The van der Waals surface area contributed by atoms with Crippen LogP contribution in [-0.4, -0.2) is 0 Å². The van der Waals surface area contributed by atoms with Crippen molar-refractivity contribution in [2.45, 2.75) is 13.1 Å². The third-order valence-corrected chi connectivity index (χ3v) is 2.59. The zero-order chi connectivity index (χ0) is 12.1. The van der Waals surface area contributed by atoms with Gasteiger partial charge in [-0.1, -0.05) is 36.4 Å². The lowest BCUT2D eigenvalue weighted by molar-refractivity contribution is 0.628. The number of nitrogens with one attached hydrogen (secondary N) is 1. The number of hydrogen-bond donors (Lipinski definition) is 2. The Morgan fingerprint density at radius 2 is 1.76 bits per heavy atom. The molecule has 0 aliphatic rings. The molecule has 0 aliphatic carbocycles. The molecule has 0 fully saturated rings. The number of hydrogen-bond acceptors (Lipinski definition) is 2. The maximum atomic E-state index is 13.6. The maximum Gasteiger partial charge on any atom is 0.146 e. The van der Waals surface area contributed by atoms with E-state index in [1.165, 1.54) is 6.07 Å². The zero-order valence-electron chi connectivity index (χ0n) is 9.49. The lowest BCUT2D eigenvalue weighted by Crippen LogP contribution is -2.03. The van der Waals surface area contributed by atoms with Crippen LogP contribution >= 0.6 is 0 Å². The third kappa shape index (κ3) is 3.04. The predicted molar refractivity (Wildman–Crippen MR) is 68.1 cm³/mol. The summed E-state index contributed by atoms with van der Waals surface area (Å²) < 4.78 is 13.6. The molecule has 2 rings (SSSR count). The van der Waals surface area contributed by atoms with Crippen molar-refractivity contribution in [1.82, 2.24) is 0 Å². The quantitative estimate of drug-likeness (QED) is 0.847. The Hall–Kier alpha value is -1.87. The molecule has 88 valence electrons. The highest BCUT2D eigenvalue weighted by Crippen LogP contribution is 2.16. The molecule has 0 radical (unpaired) electrons. The Bertz CT molecular complexity index is 483. The van der Waals surface area contributed by atoms with Crippen LogP contribution in [0.2, 0.25) is 0 Å². The van der Waals surface area contributed by atoms with Crippen LogP contribution in [0.5, 0.6) is 0 Å². The molecule has 0 heterocycles. The van der Waals surface area contributed by atoms with E-state index in [1.54, 1.807) is 6.07 Å². The van der Waals surface area contributed by atoms with Gasteiger partial charge in [0.25, 0.3) is 0 Å². The molecule has 0 atom stereocenters. The number of anilines is 1. The van der Waals surface area contributed by atoms with E-state index in [2.05, 4.69) is 5.32 Å². The van der Waals surface area contributed by atoms with Crippen molar-refractivity contribution in [2.75, 3.05) is 5.32 Å². The van der Waals surface area contributed by atoms with E-state index in [0.29, 0.717) is 18.8 Å². The molecule has 2 nitrogen and oxygen atoms in total. The summed E-state index contributed by atoms with van der Waals surface area (Å²) in [5.41, 5.74) is 7.87. The Morgan fingerprint density at radius 1 is 1.00 bits per heavy atom. The van der Waals surface area contributed by atoms with Crippen LogP contribution in [0.15, 0.2) is 48.5 Å². The SMILES string of the molecule is NCc1ccc(NCc2ccccc2)c(F)c1. The van der Waals surface area contributed by atoms with Crippen LogP contribution in [0.4, 0.5) is 10.1 Å². The lowest BCUT2D eigenvalue weighted by Gasteiger charge is -2.08. The summed E-state index contributed by atoms with van der Waals surface area (Å²) in [5, 5.41) is 3.06. The van der Waals surface area contributed by atoms with E-state index in [4.69, 9.17) is 5.73 Å². The van der Waals surface area contributed by atoms with Crippen molar-refractivity contribution in [3.63, 3.8) is 0 Å². The molecule has 0 aromatic heterocycles. The third-order valence-electron chi connectivity index (χ3n) is 2.59. The first-order valence-electron chi connectivity index (χ1n) is 5.56. The highest BCUT2D eigenvalue weighted by molar-refractivity contribution is 5.46. The van der Waals surface area contributed by atoms with Gasteiger partial charge in [0.1, 0.15) is 5.82 Å².